The Labute approximate surface area is 110 Å². The summed E-state index contributed by atoms with van der Waals surface area (Å²) >= 11 is 0. The van der Waals surface area contributed by atoms with E-state index in [1.807, 2.05) is 0 Å². The van der Waals surface area contributed by atoms with Gasteiger partial charge in [-0.05, 0) is 63.2 Å². The van der Waals surface area contributed by atoms with Crippen LogP contribution < -0.4 is 0 Å². The summed E-state index contributed by atoms with van der Waals surface area (Å²) in [6, 6.07) is 0.441. The lowest BCUT2D eigenvalue weighted by Crippen LogP contribution is -2.10. The van der Waals surface area contributed by atoms with E-state index >= 15 is 0 Å². The predicted molar refractivity (Wildman–Crippen MR) is 72.4 cm³/mol. The summed E-state index contributed by atoms with van der Waals surface area (Å²) in [5.74, 6) is 3.79. The molecule has 1 aromatic rings. The molecule has 0 aromatic carbocycles. The second-order valence-corrected chi connectivity index (χ2v) is 6.75. The van der Waals surface area contributed by atoms with Crippen molar-refractivity contribution < 1.29 is 0 Å². The Balaban J connectivity index is 1.79. The number of nitrogens with zero attached hydrogens (tertiary/aromatic N) is 3. The zero-order valence-electron chi connectivity index (χ0n) is 12.1. The number of aromatic nitrogens is 3. The lowest BCUT2D eigenvalue weighted by molar-refractivity contribution is 0.472. The van der Waals surface area contributed by atoms with Gasteiger partial charge in [-0.15, -0.1) is 5.10 Å². The van der Waals surface area contributed by atoms with Crippen LogP contribution in [-0.4, -0.2) is 15.0 Å². The Morgan fingerprint density at radius 2 is 1.72 bits per heavy atom. The van der Waals surface area contributed by atoms with Crippen molar-refractivity contribution in [1.82, 2.24) is 15.0 Å². The van der Waals surface area contributed by atoms with Gasteiger partial charge in [-0.3, -0.25) is 0 Å². The highest BCUT2D eigenvalue weighted by atomic mass is 15.4. The maximum Gasteiger partial charge on any atom is 0.0859 e. The van der Waals surface area contributed by atoms with Crippen LogP contribution in [0.3, 0.4) is 0 Å². The second-order valence-electron chi connectivity index (χ2n) is 6.75. The number of hydrogen-bond acceptors (Lipinski definition) is 2. The highest BCUT2D eigenvalue weighted by Gasteiger charge is 2.50. The summed E-state index contributed by atoms with van der Waals surface area (Å²) in [5.41, 5.74) is 2.69. The van der Waals surface area contributed by atoms with Crippen LogP contribution in [-0.2, 0) is 12.8 Å². The number of fused-ring (bicyclic) bond motifs is 2. The van der Waals surface area contributed by atoms with Crippen molar-refractivity contribution in [3.8, 4) is 0 Å². The molecule has 3 rings (SSSR count). The molecule has 0 N–H and O–H groups in total. The van der Waals surface area contributed by atoms with Gasteiger partial charge in [0.15, 0.2) is 0 Å². The quantitative estimate of drug-likeness (QED) is 0.803. The Kier molecular flexibility index (Phi) is 2.95. The third-order valence-corrected chi connectivity index (χ3v) is 4.96. The van der Waals surface area contributed by atoms with Gasteiger partial charge in [-0.1, -0.05) is 19.1 Å². The maximum absolute atomic E-state index is 4.42. The zero-order valence-corrected chi connectivity index (χ0v) is 12.1. The van der Waals surface area contributed by atoms with E-state index in [9.17, 15) is 0 Å². The van der Waals surface area contributed by atoms with E-state index in [1.54, 1.807) is 0 Å². The molecule has 1 heterocycles. The van der Waals surface area contributed by atoms with Crippen LogP contribution in [0.2, 0.25) is 0 Å². The first-order valence-electron chi connectivity index (χ1n) is 7.52. The fourth-order valence-electron chi connectivity index (χ4n) is 4.10. The van der Waals surface area contributed by atoms with Crippen LogP contribution in [0.25, 0.3) is 0 Å². The average Bonchev–Trinajstić information content (AvgIpc) is 2.81. The standard InChI is InChI=1S/C15H25N3/c1-9(2)15-11-5-7-13-14(8-6-12(11)15)18(10(3)4)17-16-13/h9-12,15H,5-8H2,1-4H3/t11-,12+,15?/m1/s1. The Morgan fingerprint density at radius 1 is 1.06 bits per heavy atom. The molecular formula is C15H25N3. The van der Waals surface area contributed by atoms with E-state index in [1.165, 1.54) is 30.7 Å². The Morgan fingerprint density at radius 3 is 2.33 bits per heavy atom. The first-order valence-corrected chi connectivity index (χ1v) is 7.52. The number of hydrogen-bond donors (Lipinski definition) is 0. The monoisotopic (exact) mass is 247 g/mol. The van der Waals surface area contributed by atoms with E-state index in [-0.39, 0.29) is 0 Å². The zero-order chi connectivity index (χ0) is 12.9. The number of rotatable bonds is 2. The lowest BCUT2D eigenvalue weighted by Gasteiger charge is -2.12. The summed E-state index contributed by atoms with van der Waals surface area (Å²) in [6.07, 6.45) is 5.01. The summed E-state index contributed by atoms with van der Waals surface area (Å²) in [6.45, 7) is 9.17. The molecule has 0 aliphatic heterocycles. The van der Waals surface area contributed by atoms with E-state index in [0.717, 1.165) is 30.1 Å². The van der Waals surface area contributed by atoms with Gasteiger partial charge in [0.05, 0.1) is 11.4 Å². The maximum atomic E-state index is 4.42. The molecule has 18 heavy (non-hydrogen) atoms. The van der Waals surface area contributed by atoms with Crippen molar-refractivity contribution in [3.05, 3.63) is 11.4 Å². The molecule has 0 bridgehead atoms. The summed E-state index contributed by atoms with van der Waals surface area (Å²) in [5, 5.41) is 8.76. The van der Waals surface area contributed by atoms with Crippen LogP contribution in [0.5, 0.6) is 0 Å². The minimum Gasteiger partial charge on any atom is -0.247 e. The smallest absolute Gasteiger partial charge is 0.0859 e. The van der Waals surface area contributed by atoms with Crippen LogP contribution in [0.4, 0.5) is 0 Å². The second kappa shape index (κ2) is 4.36. The van der Waals surface area contributed by atoms with Gasteiger partial charge in [0.25, 0.3) is 0 Å². The van der Waals surface area contributed by atoms with Gasteiger partial charge in [0.2, 0.25) is 0 Å². The molecule has 0 amide bonds. The minimum absolute atomic E-state index is 0.441. The van der Waals surface area contributed by atoms with Gasteiger partial charge in [-0.2, -0.15) is 0 Å². The van der Waals surface area contributed by atoms with Gasteiger partial charge in [-0.25, -0.2) is 4.68 Å². The van der Waals surface area contributed by atoms with E-state index in [2.05, 4.69) is 42.7 Å². The minimum atomic E-state index is 0.441. The van der Waals surface area contributed by atoms with Crippen LogP contribution >= 0.6 is 0 Å². The van der Waals surface area contributed by atoms with Crippen molar-refractivity contribution in [2.75, 3.05) is 0 Å². The molecule has 3 atom stereocenters. The highest BCUT2D eigenvalue weighted by Crippen LogP contribution is 2.56. The Bertz CT molecular complexity index is 433. The molecule has 1 saturated carbocycles. The Hall–Kier alpha value is -0.860. The molecule has 3 heteroatoms. The predicted octanol–water partition coefficient (Wildman–Crippen LogP) is 3.26. The molecule has 100 valence electrons. The van der Waals surface area contributed by atoms with Crippen molar-refractivity contribution in [2.45, 2.75) is 59.4 Å². The summed E-state index contributed by atoms with van der Waals surface area (Å²) in [4.78, 5) is 0. The first-order chi connectivity index (χ1) is 8.59. The van der Waals surface area contributed by atoms with Gasteiger partial charge >= 0.3 is 0 Å². The molecule has 0 spiro atoms. The molecule has 2 aliphatic rings. The molecular weight excluding hydrogens is 222 g/mol. The van der Waals surface area contributed by atoms with E-state index < -0.39 is 0 Å². The molecule has 1 aromatic heterocycles. The number of aryl methyl sites for hydroxylation is 1. The highest BCUT2D eigenvalue weighted by molar-refractivity contribution is 5.15. The fraction of sp³-hybridized carbons (Fsp3) is 0.867. The van der Waals surface area contributed by atoms with Gasteiger partial charge < -0.3 is 0 Å². The fourth-order valence-corrected chi connectivity index (χ4v) is 4.10. The lowest BCUT2D eigenvalue weighted by atomic mass is 10.0. The largest absolute Gasteiger partial charge is 0.247 e. The van der Waals surface area contributed by atoms with Crippen molar-refractivity contribution in [2.24, 2.45) is 23.7 Å². The summed E-state index contributed by atoms with van der Waals surface area (Å²) < 4.78 is 2.14. The summed E-state index contributed by atoms with van der Waals surface area (Å²) in [7, 11) is 0. The van der Waals surface area contributed by atoms with Crippen LogP contribution in [0.15, 0.2) is 0 Å². The van der Waals surface area contributed by atoms with Crippen LogP contribution in [0.1, 0.15) is 58.0 Å². The van der Waals surface area contributed by atoms with E-state index in [4.69, 9.17) is 0 Å². The molecule has 0 saturated heterocycles. The third-order valence-electron chi connectivity index (χ3n) is 4.96. The normalized spacial score (nSPS) is 30.9. The van der Waals surface area contributed by atoms with Crippen LogP contribution in [0, 0.1) is 23.7 Å². The first kappa shape index (κ1) is 12.2. The molecule has 1 fully saturated rings. The molecule has 1 unspecified atom stereocenters. The van der Waals surface area contributed by atoms with Crippen molar-refractivity contribution >= 4 is 0 Å². The van der Waals surface area contributed by atoms with Crippen molar-refractivity contribution in [1.29, 1.82) is 0 Å². The van der Waals surface area contributed by atoms with E-state index in [0.29, 0.717) is 6.04 Å². The van der Waals surface area contributed by atoms with Gasteiger partial charge in [0.1, 0.15) is 0 Å². The van der Waals surface area contributed by atoms with Gasteiger partial charge in [0, 0.05) is 6.04 Å². The molecule has 3 nitrogen and oxygen atoms in total. The molecule has 0 radical (unpaired) electrons. The topological polar surface area (TPSA) is 30.7 Å². The SMILES string of the molecule is CC(C)C1[C@H]2CCc3c(nnn3C(C)C)CC[C@@H]12. The third kappa shape index (κ3) is 1.88. The van der Waals surface area contributed by atoms with Crippen molar-refractivity contribution in [3.63, 3.8) is 0 Å². The average molecular weight is 247 g/mol. The molecule has 2 aliphatic carbocycles.